The van der Waals surface area contributed by atoms with E-state index in [1.54, 1.807) is 0 Å². The molecule has 2 rings (SSSR count). The highest BCUT2D eigenvalue weighted by atomic mass is 19.1. The van der Waals surface area contributed by atoms with E-state index in [0.29, 0.717) is 16.5 Å². The predicted molar refractivity (Wildman–Crippen MR) is 40.8 cm³/mol. The second kappa shape index (κ2) is 2.31. The number of H-pyrrole nitrogens is 1. The standard InChI is InChI=1S/C8H4FN3/c9-7-4-11-3-6-5(1-10)2-12-8(6)7/h2-4,12H. The maximum atomic E-state index is 12.9. The van der Waals surface area contributed by atoms with Gasteiger partial charge in [-0.3, -0.25) is 4.98 Å². The van der Waals surface area contributed by atoms with Crippen LogP contribution in [0, 0.1) is 17.1 Å². The summed E-state index contributed by atoms with van der Waals surface area (Å²) in [5.74, 6) is -0.436. The highest BCUT2D eigenvalue weighted by Crippen LogP contribution is 2.17. The molecular formula is C8H4FN3. The summed E-state index contributed by atoms with van der Waals surface area (Å²) in [6, 6.07) is 1.94. The fraction of sp³-hybridized carbons (Fsp3) is 0. The number of fused-ring (bicyclic) bond motifs is 1. The third-order valence-electron chi connectivity index (χ3n) is 1.67. The lowest BCUT2D eigenvalue weighted by molar-refractivity contribution is 0.631. The van der Waals surface area contributed by atoms with Gasteiger partial charge in [-0.2, -0.15) is 5.26 Å². The van der Waals surface area contributed by atoms with Crippen molar-refractivity contribution in [3.8, 4) is 6.07 Å². The van der Waals surface area contributed by atoms with Gasteiger partial charge in [-0.1, -0.05) is 0 Å². The molecule has 0 aliphatic heterocycles. The molecule has 2 aromatic heterocycles. The molecule has 0 saturated heterocycles. The normalized spacial score (nSPS) is 10.0. The number of aromatic nitrogens is 2. The zero-order valence-electron chi connectivity index (χ0n) is 6.00. The number of pyridine rings is 1. The van der Waals surface area contributed by atoms with E-state index in [1.807, 2.05) is 6.07 Å². The van der Waals surface area contributed by atoms with Crippen molar-refractivity contribution in [3.63, 3.8) is 0 Å². The fourth-order valence-corrected chi connectivity index (χ4v) is 1.10. The summed E-state index contributed by atoms with van der Waals surface area (Å²) in [4.78, 5) is 6.32. The second-order valence-electron chi connectivity index (χ2n) is 2.36. The molecule has 0 radical (unpaired) electrons. The predicted octanol–water partition coefficient (Wildman–Crippen LogP) is 1.57. The van der Waals surface area contributed by atoms with E-state index in [9.17, 15) is 4.39 Å². The number of hydrogen-bond donors (Lipinski definition) is 1. The molecule has 2 aromatic rings. The first kappa shape index (κ1) is 6.80. The first-order valence-electron chi connectivity index (χ1n) is 3.33. The van der Waals surface area contributed by atoms with Crippen molar-refractivity contribution in [2.75, 3.05) is 0 Å². The number of aromatic amines is 1. The van der Waals surface area contributed by atoms with Crippen LogP contribution in [0.15, 0.2) is 18.6 Å². The topological polar surface area (TPSA) is 52.5 Å². The number of nitriles is 1. The van der Waals surface area contributed by atoms with Gasteiger partial charge in [0.2, 0.25) is 0 Å². The number of hydrogen-bond acceptors (Lipinski definition) is 2. The highest BCUT2D eigenvalue weighted by molar-refractivity contribution is 5.84. The zero-order valence-corrected chi connectivity index (χ0v) is 6.00. The Balaban J connectivity index is 2.91. The largest absolute Gasteiger partial charge is 0.357 e. The Kier molecular flexibility index (Phi) is 1.31. The van der Waals surface area contributed by atoms with Crippen LogP contribution in [0.3, 0.4) is 0 Å². The number of rotatable bonds is 0. The number of halogens is 1. The van der Waals surface area contributed by atoms with Crippen LogP contribution in [-0.4, -0.2) is 9.97 Å². The van der Waals surface area contributed by atoms with E-state index in [0.717, 1.165) is 6.20 Å². The summed E-state index contributed by atoms with van der Waals surface area (Å²) in [6.45, 7) is 0. The van der Waals surface area contributed by atoms with E-state index >= 15 is 0 Å². The molecule has 1 N–H and O–H groups in total. The Morgan fingerprint density at radius 1 is 1.50 bits per heavy atom. The van der Waals surface area contributed by atoms with E-state index in [-0.39, 0.29) is 0 Å². The van der Waals surface area contributed by atoms with Crippen molar-refractivity contribution >= 4 is 10.9 Å². The van der Waals surface area contributed by atoms with E-state index in [4.69, 9.17) is 5.26 Å². The monoisotopic (exact) mass is 161 g/mol. The maximum absolute atomic E-state index is 12.9. The van der Waals surface area contributed by atoms with Crippen LogP contribution >= 0.6 is 0 Å². The van der Waals surface area contributed by atoms with Gasteiger partial charge in [0, 0.05) is 17.8 Å². The highest BCUT2D eigenvalue weighted by Gasteiger charge is 2.06. The Hall–Kier alpha value is -1.89. The van der Waals surface area contributed by atoms with Crippen LogP contribution in [0.4, 0.5) is 4.39 Å². The van der Waals surface area contributed by atoms with Crippen molar-refractivity contribution < 1.29 is 4.39 Å². The van der Waals surface area contributed by atoms with Gasteiger partial charge in [-0.05, 0) is 0 Å². The smallest absolute Gasteiger partial charge is 0.165 e. The van der Waals surface area contributed by atoms with E-state index < -0.39 is 5.82 Å². The molecule has 0 fully saturated rings. The van der Waals surface area contributed by atoms with Gasteiger partial charge in [0.05, 0.1) is 17.3 Å². The molecule has 0 amide bonds. The lowest BCUT2D eigenvalue weighted by Crippen LogP contribution is -1.79. The Morgan fingerprint density at radius 2 is 2.33 bits per heavy atom. The molecular weight excluding hydrogens is 157 g/mol. The molecule has 2 heterocycles. The van der Waals surface area contributed by atoms with Gasteiger partial charge < -0.3 is 4.98 Å². The SMILES string of the molecule is N#Cc1c[nH]c2c(F)cncc12. The first-order chi connectivity index (χ1) is 5.83. The molecule has 0 bridgehead atoms. The molecule has 4 heteroatoms. The van der Waals surface area contributed by atoms with Gasteiger partial charge in [0.15, 0.2) is 5.82 Å². The lowest BCUT2D eigenvalue weighted by atomic mass is 10.2. The van der Waals surface area contributed by atoms with Crippen LogP contribution < -0.4 is 0 Å². The number of nitrogens with zero attached hydrogens (tertiary/aromatic N) is 2. The van der Waals surface area contributed by atoms with E-state index in [1.165, 1.54) is 12.4 Å². The lowest BCUT2D eigenvalue weighted by Gasteiger charge is -1.89. The molecule has 0 aliphatic carbocycles. The van der Waals surface area contributed by atoms with Gasteiger partial charge >= 0.3 is 0 Å². The maximum Gasteiger partial charge on any atom is 0.165 e. The van der Waals surface area contributed by atoms with Crippen molar-refractivity contribution in [3.05, 3.63) is 30.0 Å². The molecule has 58 valence electrons. The Morgan fingerprint density at radius 3 is 3.08 bits per heavy atom. The van der Waals surface area contributed by atoms with Gasteiger partial charge in [0.1, 0.15) is 6.07 Å². The van der Waals surface area contributed by atoms with Gasteiger partial charge in [-0.25, -0.2) is 4.39 Å². The second-order valence-corrected chi connectivity index (χ2v) is 2.36. The molecule has 12 heavy (non-hydrogen) atoms. The fourth-order valence-electron chi connectivity index (χ4n) is 1.10. The minimum Gasteiger partial charge on any atom is -0.357 e. The minimum atomic E-state index is -0.436. The van der Waals surface area contributed by atoms with Crippen LogP contribution in [0.1, 0.15) is 5.56 Å². The summed E-state index contributed by atoms with van der Waals surface area (Å²) in [6.07, 6.45) is 4.04. The van der Waals surface area contributed by atoms with Gasteiger partial charge in [0.25, 0.3) is 0 Å². The minimum absolute atomic E-state index is 0.335. The third kappa shape index (κ3) is 0.768. The summed E-state index contributed by atoms with van der Waals surface area (Å²) in [5, 5.41) is 9.12. The molecule has 0 atom stereocenters. The molecule has 0 aliphatic rings. The van der Waals surface area contributed by atoms with Crippen molar-refractivity contribution in [1.29, 1.82) is 5.26 Å². The molecule has 0 spiro atoms. The molecule has 3 nitrogen and oxygen atoms in total. The van der Waals surface area contributed by atoms with Crippen LogP contribution in [0.25, 0.3) is 10.9 Å². The average molecular weight is 161 g/mol. The van der Waals surface area contributed by atoms with Crippen molar-refractivity contribution in [2.24, 2.45) is 0 Å². The molecule has 0 saturated carbocycles. The average Bonchev–Trinajstić information content (AvgIpc) is 2.49. The first-order valence-corrected chi connectivity index (χ1v) is 3.33. The summed E-state index contributed by atoms with van der Waals surface area (Å²) in [5.41, 5.74) is 0.749. The van der Waals surface area contributed by atoms with Crippen LogP contribution in [0.2, 0.25) is 0 Å². The van der Waals surface area contributed by atoms with E-state index in [2.05, 4.69) is 9.97 Å². The van der Waals surface area contributed by atoms with Crippen molar-refractivity contribution in [2.45, 2.75) is 0 Å². The molecule has 0 aromatic carbocycles. The van der Waals surface area contributed by atoms with Crippen LogP contribution in [-0.2, 0) is 0 Å². The Bertz CT molecular complexity index is 467. The third-order valence-corrected chi connectivity index (χ3v) is 1.67. The Labute approximate surface area is 67.5 Å². The summed E-state index contributed by atoms with van der Waals surface area (Å²) >= 11 is 0. The summed E-state index contributed by atoms with van der Waals surface area (Å²) < 4.78 is 12.9. The van der Waals surface area contributed by atoms with Crippen LogP contribution in [0.5, 0.6) is 0 Å². The zero-order chi connectivity index (χ0) is 8.55. The van der Waals surface area contributed by atoms with Crippen molar-refractivity contribution in [1.82, 2.24) is 9.97 Å². The quantitative estimate of drug-likeness (QED) is 0.637. The number of nitrogens with one attached hydrogen (secondary N) is 1. The summed E-state index contributed by atoms with van der Waals surface area (Å²) in [7, 11) is 0. The molecule has 0 unspecified atom stereocenters. The van der Waals surface area contributed by atoms with Gasteiger partial charge in [-0.15, -0.1) is 0 Å².